The van der Waals surface area contributed by atoms with E-state index in [-0.39, 0.29) is 24.2 Å². The zero-order chi connectivity index (χ0) is 13.7. The molecule has 0 aromatic heterocycles. The normalized spacial score (nSPS) is 18.2. The van der Waals surface area contributed by atoms with Crippen molar-refractivity contribution in [3.05, 3.63) is 34.3 Å². The lowest BCUT2D eigenvalue weighted by Gasteiger charge is -2.27. The van der Waals surface area contributed by atoms with Crippen molar-refractivity contribution in [2.75, 3.05) is 26.7 Å². The van der Waals surface area contributed by atoms with E-state index < -0.39 is 0 Å². The van der Waals surface area contributed by atoms with Gasteiger partial charge in [0.1, 0.15) is 0 Å². The minimum Gasteiger partial charge on any atom is -0.345 e. The Labute approximate surface area is 135 Å². The van der Waals surface area contributed by atoms with Crippen molar-refractivity contribution in [3.63, 3.8) is 0 Å². The fourth-order valence-corrected chi connectivity index (χ4v) is 2.70. The van der Waals surface area contributed by atoms with Gasteiger partial charge in [0, 0.05) is 24.6 Å². The molecule has 0 aliphatic carbocycles. The molecular formula is C15H22BrClN2O. The molecule has 1 fully saturated rings. The summed E-state index contributed by atoms with van der Waals surface area (Å²) in [5.41, 5.74) is 1.27. The summed E-state index contributed by atoms with van der Waals surface area (Å²) < 4.78 is 1.09. The zero-order valence-electron chi connectivity index (χ0n) is 11.8. The Bertz CT molecular complexity index is 418. The van der Waals surface area contributed by atoms with Crippen LogP contribution < -0.4 is 5.32 Å². The predicted octanol–water partition coefficient (Wildman–Crippen LogP) is 2.87. The van der Waals surface area contributed by atoms with E-state index in [0.29, 0.717) is 0 Å². The number of carbonyl (C=O) groups is 1. The van der Waals surface area contributed by atoms with Crippen LogP contribution in [0.25, 0.3) is 0 Å². The molecule has 1 aromatic rings. The summed E-state index contributed by atoms with van der Waals surface area (Å²) >= 11 is 3.43. The molecular weight excluding hydrogens is 340 g/mol. The second kappa shape index (κ2) is 8.65. The molecule has 1 atom stereocenters. The second-order valence-electron chi connectivity index (χ2n) is 5.18. The molecule has 2 rings (SSSR count). The molecule has 1 N–H and O–H groups in total. The first-order valence-corrected chi connectivity index (χ1v) is 7.66. The van der Waals surface area contributed by atoms with E-state index in [2.05, 4.69) is 33.4 Å². The lowest BCUT2D eigenvalue weighted by molar-refractivity contribution is -0.134. The van der Waals surface area contributed by atoms with Crippen molar-refractivity contribution in [2.24, 2.45) is 5.92 Å². The van der Waals surface area contributed by atoms with Crippen LogP contribution in [0.5, 0.6) is 0 Å². The Morgan fingerprint density at radius 1 is 1.40 bits per heavy atom. The quantitative estimate of drug-likeness (QED) is 0.894. The molecule has 5 heteroatoms. The van der Waals surface area contributed by atoms with Crippen LogP contribution in [0.15, 0.2) is 28.7 Å². The number of piperidine rings is 1. The summed E-state index contributed by atoms with van der Waals surface area (Å²) in [4.78, 5) is 14.1. The highest BCUT2D eigenvalue weighted by molar-refractivity contribution is 9.10. The third-order valence-electron chi connectivity index (χ3n) is 3.67. The van der Waals surface area contributed by atoms with Gasteiger partial charge >= 0.3 is 0 Å². The number of hydrogen-bond acceptors (Lipinski definition) is 2. The summed E-state index contributed by atoms with van der Waals surface area (Å²) in [6, 6.07) is 8.29. The summed E-state index contributed by atoms with van der Waals surface area (Å²) in [6.45, 7) is 2.67. The maximum atomic E-state index is 12.3. The van der Waals surface area contributed by atoms with E-state index in [1.54, 1.807) is 0 Å². The molecule has 1 unspecified atom stereocenters. The van der Waals surface area contributed by atoms with Crippen molar-refractivity contribution >= 4 is 34.2 Å². The van der Waals surface area contributed by atoms with E-state index >= 15 is 0 Å². The summed E-state index contributed by atoms with van der Waals surface area (Å²) in [5, 5.41) is 3.30. The van der Waals surface area contributed by atoms with Gasteiger partial charge in [-0.3, -0.25) is 4.79 Å². The predicted molar refractivity (Wildman–Crippen MR) is 88.3 cm³/mol. The SMILES string of the molecule is CN(CCc1ccc(Br)cc1)C(=O)C1CCCNC1.Cl. The first-order chi connectivity index (χ1) is 9.16. The van der Waals surface area contributed by atoms with Crippen molar-refractivity contribution in [3.8, 4) is 0 Å². The number of amides is 1. The standard InChI is InChI=1S/C15H21BrN2O.ClH/c1-18(15(19)13-3-2-9-17-11-13)10-8-12-4-6-14(16)7-5-12;/h4-7,13,17H,2-3,8-11H2,1H3;1H. The van der Waals surface area contributed by atoms with Gasteiger partial charge in [-0.05, 0) is 43.5 Å². The molecule has 1 aromatic carbocycles. The highest BCUT2D eigenvalue weighted by Crippen LogP contribution is 2.14. The lowest BCUT2D eigenvalue weighted by atomic mass is 9.98. The van der Waals surface area contributed by atoms with E-state index in [0.717, 1.165) is 43.4 Å². The maximum absolute atomic E-state index is 12.3. The monoisotopic (exact) mass is 360 g/mol. The van der Waals surface area contributed by atoms with Crippen molar-refractivity contribution in [1.82, 2.24) is 10.2 Å². The van der Waals surface area contributed by atoms with Gasteiger partial charge in [-0.1, -0.05) is 28.1 Å². The molecule has 3 nitrogen and oxygen atoms in total. The number of hydrogen-bond donors (Lipinski definition) is 1. The molecule has 0 bridgehead atoms. The largest absolute Gasteiger partial charge is 0.345 e. The van der Waals surface area contributed by atoms with Crippen LogP contribution in [0.2, 0.25) is 0 Å². The molecule has 0 saturated carbocycles. The van der Waals surface area contributed by atoms with Crippen molar-refractivity contribution < 1.29 is 4.79 Å². The number of benzene rings is 1. The number of carbonyl (C=O) groups excluding carboxylic acids is 1. The van der Waals surface area contributed by atoms with Crippen LogP contribution in [0, 0.1) is 5.92 Å². The number of halogens is 2. The van der Waals surface area contributed by atoms with Gasteiger partial charge in [0.15, 0.2) is 0 Å². The molecule has 1 amide bonds. The minimum absolute atomic E-state index is 0. The Morgan fingerprint density at radius 3 is 2.70 bits per heavy atom. The first kappa shape index (κ1) is 17.5. The van der Waals surface area contributed by atoms with Gasteiger partial charge in [-0.15, -0.1) is 12.4 Å². The van der Waals surface area contributed by atoms with E-state index in [9.17, 15) is 4.79 Å². The molecule has 1 aliphatic rings. The minimum atomic E-state index is 0. The highest BCUT2D eigenvalue weighted by Gasteiger charge is 2.23. The second-order valence-corrected chi connectivity index (χ2v) is 6.10. The van der Waals surface area contributed by atoms with Gasteiger partial charge in [-0.25, -0.2) is 0 Å². The fraction of sp³-hybridized carbons (Fsp3) is 0.533. The summed E-state index contributed by atoms with van der Waals surface area (Å²) in [5.74, 6) is 0.452. The summed E-state index contributed by atoms with van der Waals surface area (Å²) in [6.07, 6.45) is 3.04. The van der Waals surface area contributed by atoms with Crippen LogP contribution in [0.4, 0.5) is 0 Å². The van der Waals surface area contributed by atoms with Gasteiger partial charge < -0.3 is 10.2 Å². The van der Waals surface area contributed by atoms with Crippen LogP contribution in [0.3, 0.4) is 0 Å². The van der Waals surface area contributed by atoms with Crippen LogP contribution in [-0.4, -0.2) is 37.5 Å². The highest BCUT2D eigenvalue weighted by atomic mass is 79.9. The number of likely N-dealkylation sites (N-methyl/N-ethyl adjacent to an activating group) is 1. The van der Waals surface area contributed by atoms with Gasteiger partial charge in [0.2, 0.25) is 5.91 Å². The first-order valence-electron chi connectivity index (χ1n) is 6.87. The van der Waals surface area contributed by atoms with E-state index in [4.69, 9.17) is 0 Å². The Balaban J connectivity index is 0.00000200. The van der Waals surface area contributed by atoms with Gasteiger partial charge in [0.25, 0.3) is 0 Å². The Hall–Kier alpha value is -0.580. The fourth-order valence-electron chi connectivity index (χ4n) is 2.43. The molecule has 20 heavy (non-hydrogen) atoms. The average molecular weight is 362 g/mol. The topological polar surface area (TPSA) is 32.3 Å². The third kappa shape index (κ3) is 5.08. The van der Waals surface area contributed by atoms with Crippen molar-refractivity contribution in [1.29, 1.82) is 0 Å². The third-order valence-corrected chi connectivity index (χ3v) is 4.20. The maximum Gasteiger partial charge on any atom is 0.226 e. The molecule has 112 valence electrons. The van der Waals surface area contributed by atoms with E-state index in [1.165, 1.54) is 5.56 Å². The molecule has 1 saturated heterocycles. The van der Waals surface area contributed by atoms with Gasteiger partial charge in [-0.2, -0.15) is 0 Å². The average Bonchev–Trinajstić information content (AvgIpc) is 2.46. The number of rotatable bonds is 4. The zero-order valence-corrected chi connectivity index (χ0v) is 14.2. The summed E-state index contributed by atoms with van der Waals surface area (Å²) in [7, 11) is 1.91. The van der Waals surface area contributed by atoms with Crippen molar-refractivity contribution in [2.45, 2.75) is 19.3 Å². The molecule has 1 aliphatic heterocycles. The molecule has 0 radical (unpaired) electrons. The Morgan fingerprint density at radius 2 is 2.10 bits per heavy atom. The van der Waals surface area contributed by atoms with E-state index in [1.807, 2.05) is 24.1 Å². The van der Waals surface area contributed by atoms with Crippen LogP contribution >= 0.6 is 28.3 Å². The van der Waals surface area contributed by atoms with Gasteiger partial charge in [0.05, 0.1) is 5.92 Å². The van der Waals surface area contributed by atoms with Crippen LogP contribution in [0.1, 0.15) is 18.4 Å². The Kier molecular flexibility index (Phi) is 7.56. The number of nitrogens with zero attached hydrogens (tertiary/aromatic N) is 1. The molecule has 0 spiro atoms. The molecule has 1 heterocycles. The lowest BCUT2D eigenvalue weighted by Crippen LogP contribution is -2.42. The van der Waals surface area contributed by atoms with Crippen LogP contribution in [-0.2, 0) is 11.2 Å². The smallest absolute Gasteiger partial charge is 0.226 e. The number of nitrogens with one attached hydrogen (secondary N) is 1.